The maximum absolute atomic E-state index is 5.01. The molecular formula is C21H32IN5S. The molecule has 1 aliphatic rings. The molecule has 7 heteroatoms. The highest BCUT2D eigenvalue weighted by Crippen LogP contribution is 2.25. The molecule has 3 heterocycles. The number of aromatic nitrogens is 1. The van der Waals surface area contributed by atoms with Gasteiger partial charge in [-0.2, -0.15) is 0 Å². The maximum atomic E-state index is 5.01. The fraction of sp³-hybridized carbons (Fsp3) is 0.524. The van der Waals surface area contributed by atoms with Crippen LogP contribution < -0.4 is 10.2 Å². The highest BCUT2D eigenvalue weighted by molar-refractivity contribution is 14.0. The number of hydrogen-bond acceptors (Lipinski definition) is 4. The van der Waals surface area contributed by atoms with Gasteiger partial charge in [0.25, 0.3) is 0 Å². The fourth-order valence-electron chi connectivity index (χ4n) is 3.50. The van der Waals surface area contributed by atoms with E-state index in [-0.39, 0.29) is 24.0 Å². The van der Waals surface area contributed by atoms with Crippen molar-refractivity contribution in [2.24, 2.45) is 10.9 Å². The number of piperazine rings is 1. The summed E-state index contributed by atoms with van der Waals surface area (Å²) in [6, 6.07) is 8.52. The van der Waals surface area contributed by atoms with Gasteiger partial charge in [0, 0.05) is 57.6 Å². The van der Waals surface area contributed by atoms with Gasteiger partial charge in [-0.1, -0.05) is 19.9 Å². The second-order valence-corrected chi connectivity index (χ2v) is 8.18. The van der Waals surface area contributed by atoms with Crippen molar-refractivity contribution in [3.8, 4) is 0 Å². The lowest BCUT2D eigenvalue weighted by molar-refractivity contribution is 0.371. The van der Waals surface area contributed by atoms with E-state index < -0.39 is 0 Å². The molecule has 1 N–H and O–H groups in total. The third kappa shape index (κ3) is 6.07. The van der Waals surface area contributed by atoms with E-state index in [2.05, 4.69) is 64.5 Å². The van der Waals surface area contributed by atoms with Crippen molar-refractivity contribution in [3.05, 3.63) is 47.6 Å². The predicted octanol–water partition coefficient (Wildman–Crippen LogP) is 4.29. The molecule has 0 aliphatic carbocycles. The summed E-state index contributed by atoms with van der Waals surface area (Å²) in [5.41, 5.74) is 1.27. The largest absolute Gasteiger partial charge is 0.360 e. The van der Waals surface area contributed by atoms with E-state index in [0.717, 1.165) is 45.2 Å². The SMILES string of the molecule is CCNC(=NCC(c1cccnc1)C(C)C)N1CCN(c2cccs2)CC1.I. The predicted molar refractivity (Wildman–Crippen MR) is 131 cm³/mol. The van der Waals surface area contributed by atoms with Gasteiger partial charge in [-0.3, -0.25) is 9.98 Å². The molecule has 1 atom stereocenters. The third-order valence-corrected chi connectivity index (χ3v) is 6.02. The van der Waals surface area contributed by atoms with Gasteiger partial charge in [-0.25, -0.2) is 0 Å². The zero-order chi connectivity index (χ0) is 19.1. The first-order chi connectivity index (χ1) is 13.2. The molecular weight excluding hydrogens is 481 g/mol. The van der Waals surface area contributed by atoms with Crippen molar-refractivity contribution in [2.45, 2.75) is 26.7 Å². The minimum Gasteiger partial charge on any atom is -0.360 e. The number of nitrogens with zero attached hydrogens (tertiary/aromatic N) is 4. The summed E-state index contributed by atoms with van der Waals surface area (Å²) in [4.78, 5) is 14.2. The van der Waals surface area contributed by atoms with Gasteiger partial charge in [0.05, 0.1) is 5.00 Å². The molecule has 1 fully saturated rings. The van der Waals surface area contributed by atoms with Gasteiger partial charge in [0.15, 0.2) is 5.96 Å². The molecule has 0 amide bonds. The van der Waals surface area contributed by atoms with Crippen LogP contribution in [0.4, 0.5) is 5.00 Å². The molecule has 28 heavy (non-hydrogen) atoms. The Balaban J connectivity index is 0.00000280. The third-order valence-electron chi connectivity index (χ3n) is 5.09. The Labute approximate surface area is 190 Å². The summed E-state index contributed by atoms with van der Waals surface area (Å²) >= 11 is 1.82. The Hall–Kier alpha value is -1.35. The first-order valence-electron chi connectivity index (χ1n) is 9.90. The van der Waals surface area contributed by atoms with E-state index in [1.54, 1.807) is 0 Å². The number of anilines is 1. The molecule has 2 aromatic rings. The van der Waals surface area contributed by atoms with Gasteiger partial charge < -0.3 is 15.1 Å². The standard InChI is InChI=1S/C21H31N5S.HI/c1-4-23-21(24-16-19(17(2)3)18-7-5-9-22-15-18)26-12-10-25(11-13-26)20-8-6-14-27-20;/h5-9,14-15,17,19H,4,10-13,16H2,1-3H3,(H,23,24);1H. The smallest absolute Gasteiger partial charge is 0.194 e. The second kappa shape index (κ2) is 11.6. The van der Waals surface area contributed by atoms with Crippen LogP contribution in [0.1, 0.15) is 32.3 Å². The lowest BCUT2D eigenvalue weighted by Gasteiger charge is -2.37. The Kier molecular flexibility index (Phi) is 9.50. The van der Waals surface area contributed by atoms with Crippen molar-refractivity contribution >= 4 is 46.3 Å². The van der Waals surface area contributed by atoms with Crippen LogP contribution in [0.15, 0.2) is 47.0 Å². The average molecular weight is 513 g/mol. The number of nitrogens with one attached hydrogen (secondary N) is 1. The van der Waals surface area contributed by atoms with Crippen LogP contribution in [-0.2, 0) is 0 Å². The summed E-state index contributed by atoms with van der Waals surface area (Å²) in [5.74, 6) is 1.95. The molecule has 3 rings (SSSR count). The quantitative estimate of drug-likeness (QED) is 0.356. The first-order valence-corrected chi connectivity index (χ1v) is 10.8. The van der Waals surface area contributed by atoms with Crippen LogP contribution >= 0.6 is 35.3 Å². The zero-order valence-electron chi connectivity index (χ0n) is 17.0. The normalized spacial score (nSPS) is 16.1. The van der Waals surface area contributed by atoms with E-state index in [1.165, 1.54) is 10.6 Å². The monoisotopic (exact) mass is 513 g/mol. The Morgan fingerprint density at radius 3 is 2.57 bits per heavy atom. The van der Waals surface area contributed by atoms with Crippen LogP contribution in [0.2, 0.25) is 0 Å². The van der Waals surface area contributed by atoms with E-state index in [4.69, 9.17) is 4.99 Å². The molecule has 5 nitrogen and oxygen atoms in total. The Morgan fingerprint density at radius 2 is 2.00 bits per heavy atom. The first kappa shape index (κ1) is 22.9. The van der Waals surface area contributed by atoms with Crippen LogP contribution in [0.5, 0.6) is 0 Å². The van der Waals surface area contributed by atoms with Gasteiger partial charge >= 0.3 is 0 Å². The number of halogens is 1. The number of aliphatic imine (C=N–C) groups is 1. The fourth-order valence-corrected chi connectivity index (χ4v) is 4.28. The maximum Gasteiger partial charge on any atom is 0.194 e. The Bertz CT molecular complexity index is 697. The van der Waals surface area contributed by atoms with Crippen molar-refractivity contribution in [1.82, 2.24) is 15.2 Å². The van der Waals surface area contributed by atoms with E-state index >= 15 is 0 Å². The second-order valence-electron chi connectivity index (χ2n) is 7.26. The zero-order valence-corrected chi connectivity index (χ0v) is 20.2. The molecule has 0 spiro atoms. The number of pyridine rings is 1. The molecule has 0 saturated carbocycles. The minimum atomic E-state index is 0. The van der Waals surface area contributed by atoms with Crippen LogP contribution in [-0.4, -0.2) is 55.1 Å². The average Bonchev–Trinajstić information content (AvgIpc) is 3.23. The van der Waals surface area contributed by atoms with Gasteiger partial charge in [-0.05, 0) is 42.0 Å². The summed E-state index contributed by atoms with van der Waals surface area (Å²) in [6.45, 7) is 12.4. The highest BCUT2D eigenvalue weighted by Gasteiger charge is 2.21. The molecule has 0 bridgehead atoms. The number of hydrogen-bond donors (Lipinski definition) is 1. The van der Waals surface area contributed by atoms with E-state index in [0.29, 0.717) is 11.8 Å². The van der Waals surface area contributed by atoms with Crippen molar-refractivity contribution in [1.29, 1.82) is 0 Å². The Morgan fingerprint density at radius 1 is 1.21 bits per heavy atom. The topological polar surface area (TPSA) is 43.8 Å². The number of thiophene rings is 1. The van der Waals surface area contributed by atoms with Crippen molar-refractivity contribution < 1.29 is 0 Å². The molecule has 1 unspecified atom stereocenters. The van der Waals surface area contributed by atoms with Crippen molar-refractivity contribution in [2.75, 3.05) is 44.2 Å². The van der Waals surface area contributed by atoms with Gasteiger partial charge in [0.2, 0.25) is 0 Å². The number of rotatable bonds is 6. The molecule has 1 aliphatic heterocycles. The van der Waals surface area contributed by atoms with Crippen LogP contribution in [0, 0.1) is 5.92 Å². The van der Waals surface area contributed by atoms with Gasteiger partial charge in [-0.15, -0.1) is 35.3 Å². The van der Waals surface area contributed by atoms with E-state index in [9.17, 15) is 0 Å². The van der Waals surface area contributed by atoms with E-state index in [1.807, 2.05) is 29.8 Å². The van der Waals surface area contributed by atoms with Crippen molar-refractivity contribution in [3.63, 3.8) is 0 Å². The summed E-state index contributed by atoms with van der Waals surface area (Å²) in [5, 5.41) is 7.01. The number of guanidine groups is 1. The molecule has 2 aromatic heterocycles. The summed E-state index contributed by atoms with van der Waals surface area (Å²) in [6.07, 6.45) is 3.81. The lowest BCUT2D eigenvalue weighted by Crippen LogP contribution is -2.52. The summed E-state index contributed by atoms with van der Waals surface area (Å²) in [7, 11) is 0. The summed E-state index contributed by atoms with van der Waals surface area (Å²) < 4.78 is 0. The van der Waals surface area contributed by atoms with Gasteiger partial charge in [0.1, 0.15) is 0 Å². The molecule has 154 valence electrons. The minimum absolute atomic E-state index is 0. The molecule has 0 aromatic carbocycles. The lowest BCUT2D eigenvalue weighted by atomic mass is 9.89. The van der Waals surface area contributed by atoms with Crippen LogP contribution in [0.25, 0.3) is 0 Å². The molecule has 1 saturated heterocycles. The molecule has 0 radical (unpaired) electrons. The van der Waals surface area contributed by atoms with Crippen LogP contribution in [0.3, 0.4) is 0 Å². The highest BCUT2D eigenvalue weighted by atomic mass is 127.